The van der Waals surface area contributed by atoms with E-state index in [9.17, 15) is 9.59 Å². The van der Waals surface area contributed by atoms with Gasteiger partial charge in [0, 0.05) is 18.2 Å². The van der Waals surface area contributed by atoms with E-state index in [-0.39, 0.29) is 18.2 Å². The average Bonchev–Trinajstić information content (AvgIpc) is 2.44. The van der Waals surface area contributed by atoms with E-state index >= 15 is 0 Å². The highest BCUT2D eigenvalue weighted by Crippen LogP contribution is 2.29. The van der Waals surface area contributed by atoms with Gasteiger partial charge in [-0.15, -0.1) is 0 Å². The van der Waals surface area contributed by atoms with Crippen LogP contribution in [0.4, 0.5) is 11.4 Å². The molecule has 0 unspecified atom stereocenters. The standard InChI is InChI=1S/C10H10N2O2/c1-6(13)12-5-10(14)8-4-7(11)2-3-9(8)12/h2-4H,5,11H2,1H3. The Morgan fingerprint density at radius 1 is 1.50 bits per heavy atom. The SMILES string of the molecule is CC(=O)N1CC(=O)c2cc(N)ccc21. The fourth-order valence-electron chi connectivity index (χ4n) is 1.61. The second-order valence-corrected chi connectivity index (χ2v) is 3.30. The van der Waals surface area contributed by atoms with Crippen molar-refractivity contribution in [3.05, 3.63) is 23.8 Å². The fourth-order valence-corrected chi connectivity index (χ4v) is 1.61. The Bertz CT molecular complexity index is 426. The lowest BCUT2D eigenvalue weighted by atomic mass is 10.1. The predicted molar refractivity (Wildman–Crippen MR) is 53.2 cm³/mol. The largest absolute Gasteiger partial charge is 0.399 e. The van der Waals surface area contributed by atoms with Crippen LogP contribution in [0.2, 0.25) is 0 Å². The van der Waals surface area contributed by atoms with Crippen LogP contribution in [0.3, 0.4) is 0 Å². The molecule has 1 aromatic rings. The van der Waals surface area contributed by atoms with Gasteiger partial charge in [0.1, 0.15) is 0 Å². The molecule has 0 fully saturated rings. The van der Waals surface area contributed by atoms with Gasteiger partial charge >= 0.3 is 0 Å². The summed E-state index contributed by atoms with van der Waals surface area (Å²) in [5.41, 5.74) is 7.31. The lowest BCUT2D eigenvalue weighted by molar-refractivity contribution is -0.116. The Labute approximate surface area is 81.3 Å². The highest BCUT2D eigenvalue weighted by atomic mass is 16.2. The summed E-state index contributed by atoms with van der Waals surface area (Å²) in [5, 5.41) is 0. The normalized spacial score (nSPS) is 14.4. The lowest BCUT2D eigenvalue weighted by Crippen LogP contribution is -2.27. The van der Waals surface area contributed by atoms with Gasteiger partial charge in [0.15, 0.2) is 5.78 Å². The van der Waals surface area contributed by atoms with E-state index in [2.05, 4.69) is 0 Å². The van der Waals surface area contributed by atoms with Gasteiger partial charge in [0.2, 0.25) is 5.91 Å². The minimum atomic E-state index is -0.123. The summed E-state index contributed by atoms with van der Waals surface area (Å²) in [5.74, 6) is -0.177. The van der Waals surface area contributed by atoms with Crippen molar-refractivity contribution in [1.29, 1.82) is 0 Å². The minimum Gasteiger partial charge on any atom is -0.399 e. The van der Waals surface area contributed by atoms with E-state index in [0.717, 1.165) is 0 Å². The fraction of sp³-hybridized carbons (Fsp3) is 0.200. The third kappa shape index (κ3) is 1.16. The summed E-state index contributed by atoms with van der Waals surface area (Å²) in [7, 11) is 0. The monoisotopic (exact) mass is 190 g/mol. The van der Waals surface area contributed by atoms with E-state index in [0.29, 0.717) is 16.9 Å². The van der Waals surface area contributed by atoms with Crippen LogP contribution >= 0.6 is 0 Å². The van der Waals surface area contributed by atoms with Gasteiger partial charge in [-0.1, -0.05) is 0 Å². The predicted octanol–water partition coefficient (Wildman–Crippen LogP) is 0.818. The zero-order valence-electron chi connectivity index (χ0n) is 7.78. The first kappa shape index (κ1) is 8.74. The van der Waals surface area contributed by atoms with E-state index in [1.165, 1.54) is 11.8 Å². The molecule has 0 saturated carbocycles. The first-order valence-electron chi connectivity index (χ1n) is 4.30. The van der Waals surface area contributed by atoms with E-state index in [1.54, 1.807) is 18.2 Å². The molecule has 0 aliphatic carbocycles. The summed E-state index contributed by atoms with van der Waals surface area (Å²) in [4.78, 5) is 24.1. The molecule has 0 radical (unpaired) electrons. The molecule has 4 heteroatoms. The number of ketones is 1. The summed E-state index contributed by atoms with van der Waals surface area (Å²) in [6.07, 6.45) is 0. The Morgan fingerprint density at radius 2 is 2.21 bits per heavy atom. The molecule has 1 aromatic carbocycles. The van der Waals surface area contributed by atoms with E-state index in [1.807, 2.05) is 0 Å². The number of Topliss-reactive ketones (excluding diaryl/α,β-unsaturated/α-hetero) is 1. The summed E-state index contributed by atoms with van der Waals surface area (Å²) in [6, 6.07) is 5.00. The van der Waals surface area contributed by atoms with E-state index in [4.69, 9.17) is 5.73 Å². The number of nitrogens with two attached hydrogens (primary N) is 1. The van der Waals surface area contributed by atoms with Gasteiger partial charge < -0.3 is 10.6 Å². The van der Waals surface area contributed by atoms with Gasteiger partial charge in [-0.05, 0) is 18.2 Å². The summed E-state index contributed by atoms with van der Waals surface area (Å²) < 4.78 is 0. The second-order valence-electron chi connectivity index (χ2n) is 3.30. The number of amides is 1. The quantitative estimate of drug-likeness (QED) is 0.616. The first-order chi connectivity index (χ1) is 6.59. The number of carbonyl (C=O) groups is 2. The molecule has 0 saturated heterocycles. The Balaban J connectivity index is 2.55. The molecule has 0 spiro atoms. The Morgan fingerprint density at radius 3 is 2.86 bits per heavy atom. The molecule has 2 rings (SSSR count). The van der Waals surface area contributed by atoms with Crippen molar-refractivity contribution in [2.45, 2.75) is 6.92 Å². The van der Waals surface area contributed by atoms with Crippen LogP contribution in [0.25, 0.3) is 0 Å². The molecule has 1 heterocycles. The van der Waals surface area contributed by atoms with E-state index < -0.39 is 0 Å². The number of fused-ring (bicyclic) bond motifs is 1. The topological polar surface area (TPSA) is 63.4 Å². The number of anilines is 2. The molecule has 72 valence electrons. The lowest BCUT2D eigenvalue weighted by Gasteiger charge is -2.12. The Kier molecular flexibility index (Phi) is 1.77. The number of hydrogen-bond donors (Lipinski definition) is 1. The molecular weight excluding hydrogens is 180 g/mol. The molecule has 0 aromatic heterocycles. The van der Waals surface area contributed by atoms with Crippen molar-refractivity contribution in [2.75, 3.05) is 17.2 Å². The molecule has 4 nitrogen and oxygen atoms in total. The van der Waals surface area contributed by atoms with Crippen molar-refractivity contribution in [3.63, 3.8) is 0 Å². The zero-order valence-corrected chi connectivity index (χ0v) is 7.78. The molecule has 14 heavy (non-hydrogen) atoms. The number of benzene rings is 1. The molecular formula is C10H10N2O2. The molecule has 1 amide bonds. The molecule has 0 atom stereocenters. The van der Waals surface area contributed by atoms with Crippen LogP contribution in [0.5, 0.6) is 0 Å². The van der Waals surface area contributed by atoms with Gasteiger partial charge in [-0.3, -0.25) is 9.59 Å². The average molecular weight is 190 g/mol. The van der Waals surface area contributed by atoms with Gasteiger partial charge in [-0.2, -0.15) is 0 Å². The maximum Gasteiger partial charge on any atom is 0.224 e. The van der Waals surface area contributed by atoms with Crippen molar-refractivity contribution in [1.82, 2.24) is 0 Å². The van der Waals surface area contributed by atoms with Crippen molar-refractivity contribution in [3.8, 4) is 0 Å². The Hall–Kier alpha value is -1.84. The molecule has 0 bridgehead atoms. The maximum absolute atomic E-state index is 11.5. The van der Waals surface area contributed by atoms with Crippen LogP contribution < -0.4 is 10.6 Å². The van der Waals surface area contributed by atoms with Gasteiger partial charge in [0.25, 0.3) is 0 Å². The smallest absolute Gasteiger partial charge is 0.224 e. The maximum atomic E-state index is 11.5. The third-order valence-electron chi connectivity index (χ3n) is 2.29. The van der Waals surface area contributed by atoms with Crippen molar-refractivity contribution < 1.29 is 9.59 Å². The molecule has 1 aliphatic rings. The van der Waals surface area contributed by atoms with Gasteiger partial charge in [0.05, 0.1) is 12.2 Å². The molecule has 2 N–H and O–H groups in total. The number of hydrogen-bond acceptors (Lipinski definition) is 3. The number of carbonyl (C=O) groups excluding carboxylic acids is 2. The highest BCUT2D eigenvalue weighted by molar-refractivity contribution is 6.15. The number of nitrogens with zero attached hydrogens (tertiary/aromatic N) is 1. The van der Waals surface area contributed by atoms with Crippen LogP contribution in [-0.4, -0.2) is 18.2 Å². The summed E-state index contributed by atoms with van der Waals surface area (Å²) >= 11 is 0. The number of rotatable bonds is 0. The van der Waals surface area contributed by atoms with Crippen LogP contribution in [0.15, 0.2) is 18.2 Å². The summed E-state index contributed by atoms with van der Waals surface area (Å²) in [6.45, 7) is 1.58. The second kappa shape index (κ2) is 2.83. The van der Waals surface area contributed by atoms with Crippen LogP contribution in [-0.2, 0) is 4.79 Å². The third-order valence-corrected chi connectivity index (χ3v) is 2.29. The number of nitrogen functional groups attached to an aromatic ring is 1. The van der Waals surface area contributed by atoms with Crippen LogP contribution in [0.1, 0.15) is 17.3 Å². The van der Waals surface area contributed by atoms with Crippen LogP contribution in [0, 0.1) is 0 Å². The highest BCUT2D eigenvalue weighted by Gasteiger charge is 2.28. The first-order valence-corrected chi connectivity index (χ1v) is 4.30. The van der Waals surface area contributed by atoms with Gasteiger partial charge in [-0.25, -0.2) is 0 Å². The zero-order chi connectivity index (χ0) is 10.3. The van der Waals surface area contributed by atoms with Crippen molar-refractivity contribution >= 4 is 23.1 Å². The minimum absolute atomic E-state index is 0.0532. The van der Waals surface area contributed by atoms with Crippen molar-refractivity contribution in [2.24, 2.45) is 0 Å². The molecule has 1 aliphatic heterocycles.